The van der Waals surface area contributed by atoms with Crippen molar-refractivity contribution in [2.24, 2.45) is 0 Å². The fourth-order valence-corrected chi connectivity index (χ4v) is 3.29. The maximum Gasteiger partial charge on any atom is 0.285 e. The summed E-state index contributed by atoms with van der Waals surface area (Å²) < 4.78 is 6.58. The summed E-state index contributed by atoms with van der Waals surface area (Å²) in [5.41, 5.74) is -0.696. The van der Waals surface area contributed by atoms with E-state index in [-0.39, 0.29) is 24.2 Å². The molecule has 0 saturated carbocycles. The molecule has 9 nitrogen and oxygen atoms in total. The Morgan fingerprint density at radius 2 is 2.04 bits per heavy atom. The van der Waals surface area contributed by atoms with Crippen LogP contribution in [0.15, 0.2) is 45.9 Å². The van der Waals surface area contributed by atoms with Gasteiger partial charge in [0.25, 0.3) is 11.2 Å². The maximum atomic E-state index is 12.3. The molecule has 1 N–H and O–H groups in total. The Kier molecular flexibility index (Phi) is 6.02. The van der Waals surface area contributed by atoms with Crippen LogP contribution in [-0.2, 0) is 11.3 Å². The van der Waals surface area contributed by atoms with E-state index < -0.39 is 10.5 Å². The van der Waals surface area contributed by atoms with Crippen LogP contribution in [0.25, 0.3) is 0 Å². The van der Waals surface area contributed by atoms with Crippen molar-refractivity contribution in [3.8, 4) is 0 Å². The zero-order chi connectivity index (χ0) is 19.2. The molecule has 0 spiro atoms. The van der Waals surface area contributed by atoms with E-state index >= 15 is 0 Å². The lowest BCUT2D eigenvalue weighted by Crippen LogP contribution is -2.41. The summed E-state index contributed by atoms with van der Waals surface area (Å²) in [7, 11) is 0. The number of likely N-dealkylation sites (tertiary alicyclic amines) is 1. The van der Waals surface area contributed by atoms with Crippen LogP contribution in [0.3, 0.4) is 0 Å². The molecule has 1 fully saturated rings. The van der Waals surface area contributed by atoms with Crippen molar-refractivity contribution in [3.63, 3.8) is 0 Å². The van der Waals surface area contributed by atoms with Gasteiger partial charge in [0.15, 0.2) is 0 Å². The second kappa shape index (κ2) is 8.63. The zero-order valence-electron chi connectivity index (χ0n) is 14.9. The molecule has 1 aliphatic rings. The maximum absolute atomic E-state index is 12.3. The smallest absolute Gasteiger partial charge is 0.285 e. The second-order valence-corrected chi connectivity index (χ2v) is 6.54. The third-order valence-electron chi connectivity index (χ3n) is 4.69. The number of rotatable bonds is 7. The van der Waals surface area contributed by atoms with Crippen LogP contribution in [0.4, 0.5) is 5.69 Å². The van der Waals surface area contributed by atoms with Crippen LogP contribution in [0, 0.1) is 10.1 Å². The number of carbonyl (C=O) groups is 1. The molecule has 0 aromatic carbocycles. The van der Waals surface area contributed by atoms with Crippen LogP contribution in [0.1, 0.15) is 31.1 Å². The highest BCUT2D eigenvalue weighted by Crippen LogP contribution is 2.24. The largest absolute Gasteiger partial charge is 0.468 e. The monoisotopic (exact) mass is 374 g/mol. The second-order valence-electron chi connectivity index (χ2n) is 6.54. The van der Waals surface area contributed by atoms with Crippen molar-refractivity contribution in [2.45, 2.75) is 31.8 Å². The summed E-state index contributed by atoms with van der Waals surface area (Å²) in [6.07, 6.45) is 6.10. The van der Waals surface area contributed by atoms with Crippen molar-refractivity contribution in [3.05, 3.63) is 63.0 Å². The first kappa shape index (κ1) is 18.8. The molecule has 3 rings (SSSR count). The summed E-state index contributed by atoms with van der Waals surface area (Å²) in [6.45, 7) is 1.94. The average Bonchev–Trinajstić information content (AvgIpc) is 3.19. The first-order valence-electron chi connectivity index (χ1n) is 8.93. The Morgan fingerprint density at radius 1 is 1.26 bits per heavy atom. The van der Waals surface area contributed by atoms with E-state index in [9.17, 15) is 19.7 Å². The molecule has 1 aliphatic heterocycles. The molecule has 144 valence electrons. The first-order valence-corrected chi connectivity index (χ1v) is 8.93. The van der Waals surface area contributed by atoms with Gasteiger partial charge in [0.2, 0.25) is 5.91 Å². The zero-order valence-corrected chi connectivity index (χ0v) is 14.9. The normalized spacial score (nSPS) is 16.0. The number of nitrogens with one attached hydrogen (secondary N) is 1. The Bertz CT molecular complexity index is 840. The highest BCUT2D eigenvalue weighted by molar-refractivity contribution is 5.75. The minimum atomic E-state index is -0.600. The number of aromatic nitrogens is 1. The Balaban J connectivity index is 1.65. The lowest BCUT2D eigenvalue weighted by atomic mass is 10.1. The summed E-state index contributed by atoms with van der Waals surface area (Å²) in [4.78, 5) is 36.7. The van der Waals surface area contributed by atoms with E-state index in [1.165, 1.54) is 6.42 Å². The number of furan rings is 1. The van der Waals surface area contributed by atoms with Gasteiger partial charge in [0.05, 0.1) is 23.4 Å². The number of piperidine rings is 1. The minimum absolute atomic E-state index is 0.0777. The van der Waals surface area contributed by atoms with Gasteiger partial charge in [-0.25, -0.2) is 0 Å². The van der Waals surface area contributed by atoms with Gasteiger partial charge < -0.3 is 9.73 Å². The molecule has 1 saturated heterocycles. The topological polar surface area (TPSA) is 111 Å². The number of carbonyl (C=O) groups excluding carboxylic acids is 1. The van der Waals surface area contributed by atoms with Gasteiger partial charge in [0, 0.05) is 18.7 Å². The minimum Gasteiger partial charge on any atom is -0.468 e. The quantitative estimate of drug-likeness (QED) is 0.583. The number of hydrogen-bond acceptors (Lipinski definition) is 6. The number of hydrogen-bond donors (Lipinski definition) is 1. The summed E-state index contributed by atoms with van der Waals surface area (Å²) in [6, 6.07) is 5.84. The summed E-state index contributed by atoms with van der Waals surface area (Å²) in [5, 5.41) is 13.7. The van der Waals surface area contributed by atoms with Crippen LogP contribution in [0.5, 0.6) is 0 Å². The molecule has 0 aliphatic carbocycles. The lowest BCUT2D eigenvalue weighted by Gasteiger charge is -2.33. The summed E-state index contributed by atoms with van der Waals surface area (Å²) >= 11 is 0. The molecule has 1 unspecified atom stereocenters. The van der Waals surface area contributed by atoms with Gasteiger partial charge in [-0.2, -0.15) is 0 Å². The molecule has 2 aromatic heterocycles. The van der Waals surface area contributed by atoms with Crippen molar-refractivity contribution in [1.29, 1.82) is 0 Å². The Morgan fingerprint density at radius 3 is 2.70 bits per heavy atom. The lowest BCUT2D eigenvalue weighted by molar-refractivity contribution is -0.385. The van der Waals surface area contributed by atoms with Gasteiger partial charge in [-0.05, 0) is 38.1 Å². The third kappa shape index (κ3) is 4.82. The molecule has 0 radical (unpaired) electrons. The molecule has 0 bridgehead atoms. The number of amides is 1. The van der Waals surface area contributed by atoms with Gasteiger partial charge in [-0.1, -0.05) is 6.42 Å². The number of nitrogens with zero attached hydrogens (tertiary/aromatic N) is 3. The molecule has 2 aromatic rings. The summed E-state index contributed by atoms with van der Waals surface area (Å²) in [5.74, 6) is 0.399. The standard InChI is InChI=1S/C18H22N4O5/c23-17(13-21-12-14(22(25)26)6-7-18(21)24)19-11-15(16-5-4-10-27-16)20-8-2-1-3-9-20/h4-7,10,12,15H,1-3,8-9,11,13H2,(H,19,23). The van der Waals surface area contributed by atoms with Gasteiger partial charge in [-0.15, -0.1) is 0 Å². The predicted octanol–water partition coefficient (Wildman–Crippen LogP) is 1.69. The molecule has 27 heavy (non-hydrogen) atoms. The van der Waals surface area contributed by atoms with E-state index in [2.05, 4.69) is 10.2 Å². The third-order valence-corrected chi connectivity index (χ3v) is 4.69. The predicted molar refractivity (Wildman–Crippen MR) is 97.2 cm³/mol. The highest BCUT2D eigenvalue weighted by Gasteiger charge is 2.25. The molecule has 1 atom stereocenters. The van der Waals surface area contributed by atoms with Gasteiger partial charge in [-0.3, -0.25) is 29.2 Å². The molecule has 3 heterocycles. The van der Waals surface area contributed by atoms with E-state index in [1.54, 1.807) is 6.26 Å². The van der Waals surface area contributed by atoms with Crippen molar-refractivity contribution in [1.82, 2.24) is 14.8 Å². The highest BCUT2D eigenvalue weighted by atomic mass is 16.6. The van der Waals surface area contributed by atoms with Crippen molar-refractivity contribution in [2.75, 3.05) is 19.6 Å². The first-order chi connectivity index (χ1) is 13.0. The number of pyridine rings is 1. The fraction of sp³-hybridized carbons (Fsp3) is 0.444. The van der Waals surface area contributed by atoms with Gasteiger partial charge >= 0.3 is 0 Å². The SMILES string of the molecule is O=C(Cn1cc([N+](=O)[O-])ccc1=O)NCC(c1ccco1)N1CCCCC1. The molecular weight excluding hydrogens is 352 g/mol. The molecular formula is C18H22N4O5. The van der Waals surface area contributed by atoms with E-state index in [0.29, 0.717) is 6.54 Å². The number of nitro groups is 1. The average molecular weight is 374 g/mol. The van der Waals surface area contributed by atoms with Crippen molar-refractivity contribution < 1.29 is 14.1 Å². The molecule has 9 heteroatoms. The Hall–Kier alpha value is -2.94. The molecule has 1 amide bonds. The van der Waals surface area contributed by atoms with E-state index in [4.69, 9.17) is 4.42 Å². The van der Waals surface area contributed by atoms with E-state index in [1.807, 2.05) is 12.1 Å². The Labute approximate surface area is 155 Å². The van der Waals surface area contributed by atoms with Crippen LogP contribution in [0.2, 0.25) is 0 Å². The van der Waals surface area contributed by atoms with E-state index in [0.717, 1.165) is 54.6 Å². The van der Waals surface area contributed by atoms with Crippen LogP contribution < -0.4 is 10.9 Å². The fourth-order valence-electron chi connectivity index (χ4n) is 3.29. The van der Waals surface area contributed by atoms with Crippen LogP contribution >= 0.6 is 0 Å². The van der Waals surface area contributed by atoms with Gasteiger partial charge in [0.1, 0.15) is 12.3 Å². The van der Waals surface area contributed by atoms with Crippen molar-refractivity contribution >= 4 is 11.6 Å². The van der Waals surface area contributed by atoms with Crippen LogP contribution in [-0.4, -0.2) is 39.9 Å².